The summed E-state index contributed by atoms with van der Waals surface area (Å²) in [5.41, 5.74) is 2.53. The second-order valence-electron chi connectivity index (χ2n) is 9.15. The van der Waals surface area contributed by atoms with Gasteiger partial charge in [0.15, 0.2) is 11.3 Å². The Balaban J connectivity index is 1.25. The molecule has 0 bridgehead atoms. The summed E-state index contributed by atoms with van der Waals surface area (Å²) < 4.78 is 7.46. The minimum Gasteiger partial charge on any atom is -0.461 e. The standard InChI is InChI=1S/C22H29N5O3/c1-15-11-16(2)27-19(23-15)12-18(24-27)20(28)26-9-5-22(6-10-26)13-17(30-21(22)29)14-25-7-3-4-8-25/h11-12,17H,3-10,13-14H2,1-2H3. The molecule has 160 valence electrons. The molecule has 3 fully saturated rings. The topological polar surface area (TPSA) is 80.0 Å². The van der Waals surface area contributed by atoms with Crippen LogP contribution >= 0.6 is 0 Å². The van der Waals surface area contributed by atoms with E-state index in [-0.39, 0.29) is 18.0 Å². The normalized spacial score (nSPS) is 24.1. The Bertz CT molecular complexity index is 986. The zero-order valence-electron chi connectivity index (χ0n) is 17.8. The van der Waals surface area contributed by atoms with Crippen LogP contribution in [0.5, 0.6) is 0 Å². The van der Waals surface area contributed by atoms with E-state index in [1.54, 1.807) is 10.6 Å². The van der Waals surface area contributed by atoms with Gasteiger partial charge in [0.05, 0.1) is 5.41 Å². The fraction of sp³-hybridized carbons (Fsp3) is 0.636. The van der Waals surface area contributed by atoms with Crippen molar-refractivity contribution in [2.24, 2.45) is 5.41 Å². The fourth-order valence-electron chi connectivity index (χ4n) is 5.29. The summed E-state index contributed by atoms with van der Waals surface area (Å²) in [5.74, 6) is -0.158. The van der Waals surface area contributed by atoms with Gasteiger partial charge in [0, 0.05) is 43.5 Å². The smallest absolute Gasteiger partial charge is 0.312 e. The number of cyclic esters (lactones) is 1. The second kappa shape index (κ2) is 7.34. The molecule has 3 aliphatic rings. The number of likely N-dealkylation sites (tertiary alicyclic amines) is 2. The molecule has 0 saturated carbocycles. The van der Waals surface area contributed by atoms with Gasteiger partial charge in [-0.25, -0.2) is 9.50 Å². The van der Waals surface area contributed by atoms with Crippen LogP contribution in [0.3, 0.4) is 0 Å². The molecule has 2 aromatic heterocycles. The number of hydrogen-bond donors (Lipinski definition) is 0. The molecule has 1 atom stereocenters. The summed E-state index contributed by atoms with van der Waals surface area (Å²) >= 11 is 0. The molecule has 3 aliphatic heterocycles. The van der Waals surface area contributed by atoms with Gasteiger partial charge in [0.25, 0.3) is 5.91 Å². The maximum absolute atomic E-state index is 13.0. The van der Waals surface area contributed by atoms with Gasteiger partial charge in [-0.1, -0.05) is 0 Å². The van der Waals surface area contributed by atoms with Gasteiger partial charge in [-0.2, -0.15) is 5.10 Å². The van der Waals surface area contributed by atoms with Crippen molar-refractivity contribution in [1.82, 2.24) is 24.4 Å². The Kier molecular flexibility index (Phi) is 4.76. The second-order valence-corrected chi connectivity index (χ2v) is 9.15. The molecule has 30 heavy (non-hydrogen) atoms. The quantitative estimate of drug-likeness (QED) is 0.719. The van der Waals surface area contributed by atoms with Crippen LogP contribution in [0.1, 0.15) is 54.0 Å². The van der Waals surface area contributed by atoms with Crippen LogP contribution in [0.25, 0.3) is 5.65 Å². The Labute approximate surface area is 176 Å². The number of carbonyl (C=O) groups excluding carboxylic acids is 2. The van der Waals surface area contributed by atoms with E-state index in [0.29, 0.717) is 37.3 Å². The first-order chi connectivity index (χ1) is 14.4. The molecule has 1 amide bonds. The molecule has 3 saturated heterocycles. The third-order valence-electron chi connectivity index (χ3n) is 6.95. The van der Waals surface area contributed by atoms with E-state index >= 15 is 0 Å². The molecule has 5 heterocycles. The van der Waals surface area contributed by atoms with Gasteiger partial charge in [-0.15, -0.1) is 0 Å². The third kappa shape index (κ3) is 3.37. The van der Waals surface area contributed by atoms with Crippen LogP contribution in [-0.4, -0.2) is 75.1 Å². The van der Waals surface area contributed by atoms with Gasteiger partial charge < -0.3 is 9.64 Å². The highest BCUT2D eigenvalue weighted by atomic mass is 16.6. The van der Waals surface area contributed by atoms with Crippen LogP contribution in [-0.2, 0) is 9.53 Å². The lowest BCUT2D eigenvalue weighted by molar-refractivity contribution is -0.150. The van der Waals surface area contributed by atoms with E-state index in [1.165, 1.54) is 12.8 Å². The lowest BCUT2D eigenvalue weighted by atomic mass is 9.76. The number of amides is 1. The van der Waals surface area contributed by atoms with Crippen molar-refractivity contribution in [3.8, 4) is 0 Å². The van der Waals surface area contributed by atoms with Crippen molar-refractivity contribution in [3.05, 3.63) is 29.2 Å². The van der Waals surface area contributed by atoms with E-state index in [2.05, 4.69) is 15.0 Å². The number of piperidine rings is 1. The minimum atomic E-state index is -0.421. The molecule has 1 unspecified atom stereocenters. The van der Waals surface area contributed by atoms with Crippen LogP contribution < -0.4 is 0 Å². The number of aromatic nitrogens is 3. The van der Waals surface area contributed by atoms with E-state index in [1.807, 2.05) is 24.8 Å². The molecular formula is C22H29N5O3. The van der Waals surface area contributed by atoms with Crippen molar-refractivity contribution in [2.45, 2.75) is 52.1 Å². The lowest BCUT2D eigenvalue weighted by Gasteiger charge is -2.36. The molecule has 0 aliphatic carbocycles. The predicted molar refractivity (Wildman–Crippen MR) is 110 cm³/mol. The first-order valence-corrected chi connectivity index (χ1v) is 11.0. The highest BCUT2D eigenvalue weighted by Gasteiger charge is 2.51. The number of carbonyl (C=O) groups is 2. The Morgan fingerprint density at radius 1 is 1.17 bits per heavy atom. The fourth-order valence-corrected chi connectivity index (χ4v) is 5.29. The van der Waals surface area contributed by atoms with Crippen molar-refractivity contribution < 1.29 is 14.3 Å². The number of nitrogens with zero attached hydrogens (tertiary/aromatic N) is 5. The molecule has 2 aromatic rings. The van der Waals surface area contributed by atoms with Crippen molar-refractivity contribution in [2.75, 3.05) is 32.7 Å². The zero-order valence-corrected chi connectivity index (χ0v) is 17.8. The van der Waals surface area contributed by atoms with E-state index in [4.69, 9.17) is 4.74 Å². The summed E-state index contributed by atoms with van der Waals surface area (Å²) in [6.07, 6.45) is 4.58. The van der Waals surface area contributed by atoms with Crippen LogP contribution in [0, 0.1) is 19.3 Å². The van der Waals surface area contributed by atoms with Gasteiger partial charge in [-0.05, 0) is 58.7 Å². The highest BCUT2D eigenvalue weighted by Crippen LogP contribution is 2.43. The molecular weight excluding hydrogens is 382 g/mol. The third-order valence-corrected chi connectivity index (χ3v) is 6.95. The largest absolute Gasteiger partial charge is 0.461 e. The monoisotopic (exact) mass is 411 g/mol. The van der Waals surface area contributed by atoms with Crippen LogP contribution in [0.15, 0.2) is 12.1 Å². The van der Waals surface area contributed by atoms with Crippen molar-refractivity contribution in [3.63, 3.8) is 0 Å². The lowest BCUT2D eigenvalue weighted by Crippen LogP contribution is -2.45. The van der Waals surface area contributed by atoms with Gasteiger partial charge >= 0.3 is 5.97 Å². The van der Waals surface area contributed by atoms with E-state index in [9.17, 15) is 9.59 Å². The van der Waals surface area contributed by atoms with E-state index in [0.717, 1.165) is 37.4 Å². The molecule has 5 rings (SSSR count). The van der Waals surface area contributed by atoms with Gasteiger partial charge in [-0.3, -0.25) is 14.5 Å². The summed E-state index contributed by atoms with van der Waals surface area (Å²) in [4.78, 5) is 34.4. The number of hydrogen-bond acceptors (Lipinski definition) is 6. The van der Waals surface area contributed by atoms with Gasteiger partial charge in [0.1, 0.15) is 6.10 Å². The predicted octanol–water partition coefficient (Wildman–Crippen LogP) is 1.98. The van der Waals surface area contributed by atoms with Gasteiger partial charge in [0.2, 0.25) is 0 Å². The van der Waals surface area contributed by atoms with E-state index < -0.39 is 5.41 Å². The minimum absolute atomic E-state index is 0.00594. The summed E-state index contributed by atoms with van der Waals surface area (Å²) in [6.45, 7) is 8.07. The Morgan fingerprint density at radius 3 is 2.63 bits per heavy atom. The molecule has 0 radical (unpaired) electrons. The number of fused-ring (bicyclic) bond motifs is 1. The maximum Gasteiger partial charge on any atom is 0.312 e. The molecule has 8 nitrogen and oxygen atoms in total. The summed E-state index contributed by atoms with van der Waals surface area (Å²) in [6, 6.07) is 3.70. The van der Waals surface area contributed by atoms with Crippen LogP contribution in [0.2, 0.25) is 0 Å². The van der Waals surface area contributed by atoms with Crippen LogP contribution in [0.4, 0.5) is 0 Å². The highest BCUT2D eigenvalue weighted by molar-refractivity contribution is 5.93. The maximum atomic E-state index is 13.0. The summed E-state index contributed by atoms with van der Waals surface area (Å²) in [5, 5.41) is 4.47. The first kappa shape index (κ1) is 19.5. The molecule has 8 heteroatoms. The number of rotatable bonds is 3. The number of aryl methyl sites for hydroxylation is 2. The molecule has 0 aromatic carbocycles. The average Bonchev–Trinajstić information content (AvgIpc) is 3.43. The Morgan fingerprint density at radius 2 is 1.90 bits per heavy atom. The van der Waals surface area contributed by atoms with Crippen molar-refractivity contribution in [1.29, 1.82) is 0 Å². The number of ether oxygens (including phenoxy) is 1. The first-order valence-electron chi connectivity index (χ1n) is 11.0. The SMILES string of the molecule is Cc1cc(C)n2nc(C(=O)N3CCC4(CC3)CC(CN3CCCC3)OC4=O)cc2n1. The Hall–Kier alpha value is -2.48. The summed E-state index contributed by atoms with van der Waals surface area (Å²) in [7, 11) is 0. The molecule has 0 N–H and O–H groups in total. The number of esters is 1. The zero-order chi connectivity index (χ0) is 20.9. The average molecular weight is 412 g/mol. The molecule has 1 spiro atoms. The van der Waals surface area contributed by atoms with Crippen molar-refractivity contribution >= 4 is 17.5 Å².